The maximum absolute atomic E-state index is 12.4. The summed E-state index contributed by atoms with van der Waals surface area (Å²) in [5, 5.41) is 11.0. The predicted octanol–water partition coefficient (Wildman–Crippen LogP) is 3.53. The van der Waals surface area contributed by atoms with Gasteiger partial charge in [-0.1, -0.05) is 24.2 Å². The van der Waals surface area contributed by atoms with Gasteiger partial charge in [-0.05, 0) is 43.0 Å². The van der Waals surface area contributed by atoms with Gasteiger partial charge in [-0.2, -0.15) is 4.98 Å². The molecule has 1 N–H and O–H groups in total. The Labute approximate surface area is 161 Å². The molecule has 0 bridgehead atoms. The molecule has 3 aromatic rings. The molecule has 0 fully saturated rings. The van der Waals surface area contributed by atoms with Gasteiger partial charge in [0.05, 0.1) is 5.69 Å². The van der Waals surface area contributed by atoms with Gasteiger partial charge in [0.25, 0.3) is 0 Å². The van der Waals surface area contributed by atoms with E-state index < -0.39 is 0 Å². The molecule has 0 saturated carbocycles. The van der Waals surface area contributed by atoms with Crippen molar-refractivity contribution in [2.75, 3.05) is 0 Å². The number of halogens is 1. The molecule has 0 spiro atoms. The highest BCUT2D eigenvalue weighted by molar-refractivity contribution is 6.29. The molecule has 0 radical (unpaired) electrons. The van der Waals surface area contributed by atoms with Crippen LogP contribution in [-0.2, 0) is 11.2 Å². The van der Waals surface area contributed by atoms with E-state index in [1.165, 1.54) is 0 Å². The first-order chi connectivity index (χ1) is 13.0. The topological polar surface area (TPSA) is 107 Å². The molecular weight excluding hydrogens is 370 g/mol. The van der Waals surface area contributed by atoms with Crippen molar-refractivity contribution in [1.29, 1.82) is 0 Å². The number of pyridine rings is 1. The highest BCUT2D eigenvalue weighted by Gasteiger charge is 2.25. The van der Waals surface area contributed by atoms with Gasteiger partial charge in [0.2, 0.25) is 22.8 Å². The van der Waals surface area contributed by atoms with E-state index >= 15 is 0 Å². The lowest BCUT2D eigenvalue weighted by atomic mass is 10.0. The normalized spacial score (nSPS) is 12.3. The Morgan fingerprint density at radius 1 is 1.22 bits per heavy atom. The zero-order chi connectivity index (χ0) is 19.4. The fraction of sp³-hybridized carbons (Fsp3) is 0.389. The Bertz CT molecular complexity index is 887. The second kappa shape index (κ2) is 8.30. The molecule has 1 atom stereocenters. The number of amides is 1. The zero-order valence-electron chi connectivity index (χ0n) is 15.3. The van der Waals surface area contributed by atoms with E-state index in [0.717, 1.165) is 11.1 Å². The molecule has 8 nitrogen and oxygen atoms in total. The molecule has 1 unspecified atom stereocenters. The molecule has 9 heteroatoms. The molecule has 0 aliphatic carbocycles. The lowest BCUT2D eigenvalue weighted by Crippen LogP contribution is -2.32. The zero-order valence-corrected chi connectivity index (χ0v) is 16.0. The van der Waals surface area contributed by atoms with Crippen LogP contribution in [0.1, 0.15) is 43.5 Å². The van der Waals surface area contributed by atoms with Gasteiger partial charge < -0.3 is 14.4 Å². The van der Waals surface area contributed by atoms with E-state index in [0.29, 0.717) is 23.8 Å². The van der Waals surface area contributed by atoms with E-state index in [1.54, 1.807) is 31.5 Å². The number of nitrogens with zero attached hydrogens (tertiary/aromatic N) is 4. The highest BCUT2D eigenvalue weighted by atomic mass is 35.5. The summed E-state index contributed by atoms with van der Waals surface area (Å²) in [4.78, 5) is 20.8. The van der Waals surface area contributed by atoms with Crippen molar-refractivity contribution in [1.82, 2.24) is 25.6 Å². The Morgan fingerprint density at radius 3 is 2.59 bits per heavy atom. The van der Waals surface area contributed by atoms with Crippen molar-refractivity contribution < 1.29 is 13.8 Å². The quantitative estimate of drug-likeness (QED) is 0.658. The van der Waals surface area contributed by atoms with Crippen molar-refractivity contribution in [3.63, 3.8) is 0 Å². The van der Waals surface area contributed by atoms with Gasteiger partial charge >= 0.3 is 0 Å². The van der Waals surface area contributed by atoms with Crippen LogP contribution in [0.5, 0.6) is 0 Å². The van der Waals surface area contributed by atoms with Crippen LogP contribution in [0.15, 0.2) is 33.6 Å². The second-order valence-corrected chi connectivity index (χ2v) is 6.84. The van der Waals surface area contributed by atoms with E-state index in [2.05, 4.69) is 25.6 Å². The summed E-state index contributed by atoms with van der Waals surface area (Å²) in [6.45, 7) is 5.74. The summed E-state index contributed by atoms with van der Waals surface area (Å²) in [6.07, 6.45) is 4.00. The monoisotopic (exact) mass is 389 g/mol. The molecule has 3 heterocycles. The molecule has 27 heavy (non-hydrogen) atoms. The maximum Gasteiger partial charge on any atom is 0.249 e. The summed E-state index contributed by atoms with van der Waals surface area (Å²) in [5.41, 5.74) is 2.23. The van der Waals surface area contributed by atoms with Crippen LogP contribution in [0, 0.1) is 12.8 Å². The van der Waals surface area contributed by atoms with Crippen molar-refractivity contribution in [2.24, 2.45) is 5.92 Å². The van der Waals surface area contributed by atoms with Crippen LogP contribution in [0.25, 0.3) is 11.4 Å². The minimum absolute atomic E-state index is 0.0700. The standard InChI is InChI=1S/C18H20ClN5O3/c1-10(2)15(18-22-17(24-27-18)12-6-8-20-9-7-12)21-14(25)5-4-13-11(3)23-26-16(13)19/h6-10,15H,4-5H2,1-3H3,(H,21,25). The first-order valence-corrected chi connectivity index (χ1v) is 8.97. The number of aromatic nitrogens is 4. The number of rotatable bonds is 7. The van der Waals surface area contributed by atoms with Crippen LogP contribution in [0.3, 0.4) is 0 Å². The van der Waals surface area contributed by atoms with E-state index in [-0.39, 0.29) is 29.5 Å². The summed E-state index contributed by atoms with van der Waals surface area (Å²) >= 11 is 5.94. The first-order valence-electron chi connectivity index (χ1n) is 8.59. The minimum atomic E-state index is -0.389. The molecule has 0 aromatic carbocycles. The largest absolute Gasteiger partial charge is 0.344 e. The maximum atomic E-state index is 12.4. The Balaban J connectivity index is 1.67. The molecule has 1 amide bonds. The first kappa shape index (κ1) is 19.0. The summed E-state index contributed by atoms with van der Waals surface area (Å²) < 4.78 is 10.3. The highest BCUT2D eigenvalue weighted by Crippen LogP contribution is 2.24. The fourth-order valence-corrected chi connectivity index (χ4v) is 2.88. The Hall–Kier alpha value is -2.74. The lowest BCUT2D eigenvalue weighted by molar-refractivity contribution is -0.122. The predicted molar refractivity (Wildman–Crippen MR) is 97.8 cm³/mol. The molecule has 142 valence electrons. The number of hydrogen-bond donors (Lipinski definition) is 1. The van der Waals surface area contributed by atoms with Gasteiger partial charge in [-0.25, -0.2) is 0 Å². The average Bonchev–Trinajstić information content (AvgIpc) is 3.26. The third-order valence-electron chi connectivity index (χ3n) is 4.17. The minimum Gasteiger partial charge on any atom is -0.344 e. The Morgan fingerprint density at radius 2 is 1.96 bits per heavy atom. The lowest BCUT2D eigenvalue weighted by Gasteiger charge is -2.18. The average molecular weight is 390 g/mol. The van der Waals surface area contributed by atoms with Crippen LogP contribution in [-0.4, -0.2) is 26.2 Å². The SMILES string of the molecule is Cc1noc(Cl)c1CCC(=O)NC(c1nc(-c2ccncc2)no1)C(C)C. The van der Waals surface area contributed by atoms with Gasteiger partial charge in [0, 0.05) is 29.9 Å². The van der Waals surface area contributed by atoms with Gasteiger partial charge in [-0.15, -0.1) is 0 Å². The van der Waals surface area contributed by atoms with E-state index in [9.17, 15) is 4.79 Å². The third-order valence-corrected chi connectivity index (χ3v) is 4.47. The van der Waals surface area contributed by atoms with Crippen molar-refractivity contribution in [3.05, 3.63) is 46.9 Å². The fourth-order valence-electron chi connectivity index (χ4n) is 2.62. The van der Waals surface area contributed by atoms with Crippen LogP contribution in [0.4, 0.5) is 0 Å². The van der Waals surface area contributed by atoms with Crippen LogP contribution < -0.4 is 5.32 Å². The molecule has 3 aromatic heterocycles. The Kier molecular flexibility index (Phi) is 5.85. The number of carbonyl (C=O) groups is 1. The summed E-state index contributed by atoms with van der Waals surface area (Å²) in [6, 6.07) is 3.20. The van der Waals surface area contributed by atoms with E-state index in [4.69, 9.17) is 20.6 Å². The van der Waals surface area contributed by atoms with Gasteiger partial charge in [0.1, 0.15) is 6.04 Å². The number of hydrogen-bond acceptors (Lipinski definition) is 7. The van der Waals surface area contributed by atoms with Crippen LogP contribution >= 0.6 is 11.6 Å². The third kappa shape index (κ3) is 4.51. The van der Waals surface area contributed by atoms with Crippen molar-refractivity contribution in [3.8, 4) is 11.4 Å². The number of aryl methyl sites for hydroxylation is 1. The summed E-state index contributed by atoms with van der Waals surface area (Å²) in [5.74, 6) is 0.748. The molecular formula is C18H20ClN5O3. The smallest absolute Gasteiger partial charge is 0.249 e. The van der Waals surface area contributed by atoms with Crippen molar-refractivity contribution >= 4 is 17.5 Å². The van der Waals surface area contributed by atoms with Crippen LogP contribution in [0.2, 0.25) is 5.22 Å². The van der Waals surface area contributed by atoms with Gasteiger partial charge in [-0.3, -0.25) is 9.78 Å². The van der Waals surface area contributed by atoms with E-state index in [1.807, 2.05) is 13.8 Å². The second-order valence-electron chi connectivity index (χ2n) is 6.50. The number of carbonyl (C=O) groups excluding carboxylic acids is 1. The van der Waals surface area contributed by atoms with Gasteiger partial charge in [0.15, 0.2) is 0 Å². The molecule has 0 saturated heterocycles. The molecule has 3 rings (SSSR count). The number of nitrogens with one attached hydrogen (secondary N) is 1. The summed E-state index contributed by atoms with van der Waals surface area (Å²) in [7, 11) is 0. The molecule has 0 aliphatic rings. The molecule has 0 aliphatic heterocycles. The van der Waals surface area contributed by atoms with Crippen molar-refractivity contribution in [2.45, 2.75) is 39.7 Å².